The topological polar surface area (TPSA) is 44.4 Å². The average Bonchev–Trinajstić information content (AvgIpc) is 2.58. The molecular formula is C19H23N3O. The first-order chi connectivity index (χ1) is 11.2. The minimum Gasteiger partial charge on any atom is -0.355 e. The number of anilines is 2. The summed E-state index contributed by atoms with van der Waals surface area (Å²) < 4.78 is 0. The molecule has 2 aromatic rings. The van der Waals surface area contributed by atoms with E-state index in [-0.39, 0.29) is 11.9 Å². The van der Waals surface area contributed by atoms with Gasteiger partial charge < -0.3 is 15.5 Å². The summed E-state index contributed by atoms with van der Waals surface area (Å²) in [5, 5.41) is 6.50. The number of para-hydroxylation sites is 2. The third kappa shape index (κ3) is 4.11. The Morgan fingerprint density at radius 1 is 1.00 bits per heavy atom. The zero-order valence-electron chi connectivity index (χ0n) is 13.5. The Morgan fingerprint density at radius 2 is 1.65 bits per heavy atom. The van der Waals surface area contributed by atoms with Crippen molar-refractivity contribution in [1.82, 2.24) is 10.2 Å². The molecule has 0 aliphatic carbocycles. The van der Waals surface area contributed by atoms with Gasteiger partial charge in [0.25, 0.3) is 5.91 Å². The number of likely N-dealkylation sites (tertiary alicyclic amines) is 1. The molecule has 2 aromatic carbocycles. The third-order valence-corrected chi connectivity index (χ3v) is 4.28. The van der Waals surface area contributed by atoms with Gasteiger partial charge in [-0.25, -0.2) is 0 Å². The maximum absolute atomic E-state index is 12.6. The van der Waals surface area contributed by atoms with Crippen molar-refractivity contribution in [2.24, 2.45) is 0 Å². The van der Waals surface area contributed by atoms with E-state index in [1.165, 1.54) is 0 Å². The SMILES string of the molecule is CN1CCC(NC(=O)c2ccccc2Nc2ccccc2)CC1. The fourth-order valence-electron chi connectivity index (χ4n) is 2.88. The predicted octanol–water partition coefficient (Wildman–Crippen LogP) is 3.25. The van der Waals surface area contributed by atoms with Crippen LogP contribution in [-0.2, 0) is 0 Å². The number of rotatable bonds is 4. The van der Waals surface area contributed by atoms with E-state index >= 15 is 0 Å². The van der Waals surface area contributed by atoms with E-state index < -0.39 is 0 Å². The molecule has 0 saturated carbocycles. The van der Waals surface area contributed by atoms with E-state index in [1.807, 2.05) is 54.6 Å². The molecule has 3 rings (SSSR count). The molecule has 0 unspecified atom stereocenters. The summed E-state index contributed by atoms with van der Waals surface area (Å²) >= 11 is 0. The number of hydrogen-bond acceptors (Lipinski definition) is 3. The van der Waals surface area contributed by atoms with Crippen LogP contribution in [0.25, 0.3) is 0 Å². The summed E-state index contributed by atoms with van der Waals surface area (Å²) in [5.41, 5.74) is 2.51. The molecule has 1 fully saturated rings. The van der Waals surface area contributed by atoms with Crippen LogP contribution in [0.15, 0.2) is 54.6 Å². The second kappa shape index (κ2) is 7.29. The Labute approximate surface area is 137 Å². The molecule has 1 aliphatic rings. The lowest BCUT2D eigenvalue weighted by Gasteiger charge is -2.29. The largest absolute Gasteiger partial charge is 0.355 e. The van der Waals surface area contributed by atoms with Crippen LogP contribution in [0, 0.1) is 0 Å². The summed E-state index contributed by atoms with van der Waals surface area (Å²) in [7, 11) is 2.12. The Morgan fingerprint density at radius 3 is 2.39 bits per heavy atom. The first-order valence-corrected chi connectivity index (χ1v) is 8.13. The monoisotopic (exact) mass is 309 g/mol. The average molecular weight is 309 g/mol. The lowest BCUT2D eigenvalue weighted by atomic mass is 10.0. The summed E-state index contributed by atoms with van der Waals surface area (Å²) in [5.74, 6) is -0.00131. The van der Waals surface area contributed by atoms with E-state index in [0.29, 0.717) is 5.56 Å². The fourth-order valence-corrected chi connectivity index (χ4v) is 2.88. The van der Waals surface area contributed by atoms with Crippen molar-refractivity contribution in [1.29, 1.82) is 0 Å². The zero-order chi connectivity index (χ0) is 16.1. The number of nitrogens with zero attached hydrogens (tertiary/aromatic N) is 1. The molecule has 2 N–H and O–H groups in total. The van der Waals surface area contributed by atoms with Gasteiger partial charge in [0.1, 0.15) is 0 Å². The van der Waals surface area contributed by atoms with Crippen LogP contribution >= 0.6 is 0 Å². The maximum Gasteiger partial charge on any atom is 0.253 e. The van der Waals surface area contributed by atoms with Gasteiger partial charge in [-0.2, -0.15) is 0 Å². The summed E-state index contributed by atoms with van der Waals surface area (Å²) in [6, 6.07) is 17.8. The zero-order valence-corrected chi connectivity index (χ0v) is 13.5. The Kier molecular flexibility index (Phi) is 4.93. The molecule has 0 atom stereocenters. The second-order valence-corrected chi connectivity index (χ2v) is 6.09. The fraction of sp³-hybridized carbons (Fsp3) is 0.316. The molecular weight excluding hydrogens is 286 g/mol. The van der Waals surface area contributed by atoms with E-state index in [2.05, 4.69) is 22.6 Å². The molecule has 1 heterocycles. The van der Waals surface area contributed by atoms with Gasteiger partial charge in [0.05, 0.1) is 11.3 Å². The molecule has 120 valence electrons. The summed E-state index contributed by atoms with van der Waals surface area (Å²) in [4.78, 5) is 14.9. The normalized spacial score (nSPS) is 16.0. The molecule has 4 nitrogen and oxygen atoms in total. The number of hydrogen-bond donors (Lipinski definition) is 2. The van der Waals surface area contributed by atoms with Gasteiger partial charge in [0.2, 0.25) is 0 Å². The molecule has 23 heavy (non-hydrogen) atoms. The van der Waals surface area contributed by atoms with Crippen LogP contribution in [0.5, 0.6) is 0 Å². The summed E-state index contributed by atoms with van der Waals surface area (Å²) in [6.07, 6.45) is 2.02. The summed E-state index contributed by atoms with van der Waals surface area (Å²) in [6.45, 7) is 2.07. The molecule has 0 spiro atoms. The van der Waals surface area contributed by atoms with Crippen LogP contribution in [0.2, 0.25) is 0 Å². The van der Waals surface area contributed by atoms with Gasteiger partial charge in [-0.1, -0.05) is 30.3 Å². The molecule has 1 amide bonds. The van der Waals surface area contributed by atoms with Gasteiger partial charge >= 0.3 is 0 Å². The van der Waals surface area contributed by atoms with Crippen molar-refractivity contribution in [3.63, 3.8) is 0 Å². The number of benzene rings is 2. The second-order valence-electron chi connectivity index (χ2n) is 6.09. The molecule has 0 radical (unpaired) electrons. The third-order valence-electron chi connectivity index (χ3n) is 4.28. The maximum atomic E-state index is 12.6. The molecule has 0 bridgehead atoms. The highest BCUT2D eigenvalue weighted by Crippen LogP contribution is 2.21. The number of nitrogens with one attached hydrogen (secondary N) is 2. The smallest absolute Gasteiger partial charge is 0.253 e. The van der Waals surface area contributed by atoms with Crippen molar-refractivity contribution in [2.45, 2.75) is 18.9 Å². The number of amides is 1. The van der Waals surface area contributed by atoms with Gasteiger partial charge in [-0.3, -0.25) is 4.79 Å². The van der Waals surface area contributed by atoms with Crippen LogP contribution in [-0.4, -0.2) is 37.0 Å². The first kappa shape index (κ1) is 15.6. The number of piperidine rings is 1. The molecule has 4 heteroatoms. The lowest BCUT2D eigenvalue weighted by molar-refractivity contribution is 0.0917. The van der Waals surface area contributed by atoms with Crippen LogP contribution in [0.1, 0.15) is 23.2 Å². The highest BCUT2D eigenvalue weighted by molar-refractivity contribution is 6.00. The quantitative estimate of drug-likeness (QED) is 0.911. The van der Waals surface area contributed by atoms with Crippen molar-refractivity contribution < 1.29 is 4.79 Å². The van der Waals surface area contributed by atoms with E-state index in [0.717, 1.165) is 37.3 Å². The highest BCUT2D eigenvalue weighted by atomic mass is 16.1. The van der Waals surface area contributed by atoms with Crippen LogP contribution in [0.4, 0.5) is 11.4 Å². The minimum atomic E-state index is -0.00131. The van der Waals surface area contributed by atoms with Crippen LogP contribution < -0.4 is 10.6 Å². The number of carbonyl (C=O) groups is 1. The van der Waals surface area contributed by atoms with Crippen LogP contribution in [0.3, 0.4) is 0 Å². The van der Waals surface area contributed by atoms with Gasteiger partial charge in [0, 0.05) is 11.7 Å². The van der Waals surface area contributed by atoms with Crippen molar-refractivity contribution >= 4 is 17.3 Å². The van der Waals surface area contributed by atoms with Crippen molar-refractivity contribution in [3.8, 4) is 0 Å². The molecule has 0 aromatic heterocycles. The van der Waals surface area contributed by atoms with Crippen molar-refractivity contribution in [2.75, 3.05) is 25.5 Å². The van der Waals surface area contributed by atoms with Gasteiger partial charge in [0.15, 0.2) is 0 Å². The minimum absolute atomic E-state index is 0.00131. The van der Waals surface area contributed by atoms with E-state index in [9.17, 15) is 4.79 Å². The van der Waals surface area contributed by atoms with Crippen molar-refractivity contribution in [3.05, 3.63) is 60.2 Å². The number of carbonyl (C=O) groups excluding carboxylic acids is 1. The highest BCUT2D eigenvalue weighted by Gasteiger charge is 2.20. The lowest BCUT2D eigenvalue weighted by Crippen LogP contribution is -2.43. The van der Waals surface area contributed by atoms with E-state index in [4.69, 9.17) is 0 Å². The van der Waals surface area contributed by atoms with Gasteiger partial charge in [-0.05, 0) is 57.2 Å². The first-order valence-electron chi connectivity index (χ1n) is 8.13. The standard InChI is InChI=1S/C19H23N3O/c1-22-13-11-16(12-14-22)21-19(23)17-9-5-6-10-18(17)20-15-7-3-2-4-8-15/h2-10,16,20H,11-14H2,1H3,(H,21,23). The van der Waals surface area contributed by atoms with E-state index in [1.54, 1.807) is 0 Å². The molecule has 1 saturated heterocycles. The Balaban J connectivity index is 1.70. The predicted molar refractivity (Wildman–Crippen MR) is 94.2 cm³/mol. The van der Waals surface area contributed by atoms with Gasteiger partial charge in [-0.15, -0.1) is 0 Å². The Hall–Kier alpha value is -2.33. The Bertz CT molecular complexity index is 649. The molecule has 1 aliphatic heterocycles.